The third-order valence-corrected chi connectivity index (χ3v) is 2.64. The summed E-state index contributed by atoms with van der Waals surface area (Å²) in [7, 11) is 3.00. The van der Waals surface area contributed by atoms with Crippen molar-refractivity contribution < 1.29 is 14.3 Å². The molecule has 0 aliphatic rings. The van der Waals surface area contributed by atoms with Gasteiger partial charge in [0.2, 0.25) is 5.91 Å². The van der Waals surface area contributed by atoms with Crippen LogP contribution < -0.4 is 5.73 Å². The van der Waals surface area contributed by atoms with Gasteiger partial charge in [0.05, 0.1) is 6.54 Å². The van der Waals surface area contributed by atoms with E-state index in [1.807, 2.05) is 13.8 Å². The number of hydrogen-bond acceptors (Lipinski definition) is 4. The van der Waals surface area contributed by atoms with Crippen molar-refractivity contribution in [2.45, 2.75) is 20.0 Å². The summed E-state index contributed by atoms with van der Waals surface area (Å²) in [6.45, 7) is 5.26. The third-order valence-electron chi connectivity index (χ3n) is 2.64. The van der Waals surface area contributed by atoms with Gasteiger partial charge in [0, 0.05) is 33.8 Å². The molecular weight excluding hydrogens is 222 g/mol. The Balaban J connectivity index is 4.38. The molecule has 6 heteroatoms. The molecule has 0 heterocycles. The molecular formula is C11H23N3O3. The molecule has 0 aromatic carbocycles. The van der Waals surface area contributed by atoms with Crippen LogP contribution in [0.2, 0.25) is 0 Å². The van der Waals surface area contributed by atoms with Gasteiger partial charge in [0.1, 0.15) is 6.10 Å². The number of methoxy groups -OCH3 is 1. The zero-order chi connectivity index (χ0) is 13.4. The number of ether oxygens (including phenoxy) is 1. The summed E-state index contributed by atoms with van der Waals surface area (Å²) in [5.74, 6) is -0.340. The van der Waals surface area contributed by atoms with Gasteiger partial charge in [0.25, 0.3) is 5.91 Å². The molecule has 2 amide bonds. The van der Waals surface area contributed by atoms with Crippen molar-refractivity contribution in [3.8, 4) is 0 Å². The van der Waals surface area contributed by atoms with Crippen LogP contribution in [0, 0.1) is 0 Å². The zero-order valence-electron chi connectivity index (χ0n) is 11.1. The highest BCUT2D eigenvalue weighted by molar-refractivity contribution is 5.87. The Morgan fingerprint density at radius 1 is 1.29 bits per heavy atom. The Bertz CT molecular complexity index is 250. The van der Waals surface area contributed by atoms with Crippen molar-refractivity contribution in [1.82, 2.24) is 9.80 Å². The molecule has 0 aliphatic heterocycles. The number of carbonyl (C=O) groups excluding carboxylic acids is 2. The van der Waals surface area contributed by atoms with Gasteiger partial charge in [0.15, 0.2) is 0 Å². The SMILES string of the molecule is CCN(CC)C(=O)CN(C)C(=O)C(CN)OC. The molecule has 0 radical (unpaired) electrons. The minimum absolute atomic E-state index is 0.0559. The van der Waals surface area contributed by atoms with E-state index < -0.39 is 6.10 Å². The first-order valence-corrected chi connectivity index (χ1v) is 5.77. The summed E-state index contributed by atoms with van der Waals surface area (Å²) >= 11 is 0. The van der Waals surface area contributed by atoms with E-state index in [2.05, 4.69) is 0 Å². The Labute approximate surface area is 103 Å². The highest BCUT2D eigenvalue weighted by Gasteiger charge is 2.22. The fraction of sp³-hybridized carbons (Fsp3) is 0.818. The van der Waals surface area contributed by atoms with Gasteiger partial charge in [-0.3, -0.25) is 9.59 Å². The van der Waals surface area contributed by atoms with Crippen molar-refractivity contribution in [2.75, 3.05) is 40.3 Å². The minimum atomic E-state index is -0.676. The van der Waals surface area contributed by atoms with Gasteiger partial charge in [-0.25, -0.2) is 0 Å². The monoisotopic (exact) mass is 245 g/mol. The number of rotatable bonds is 7. The molecule has 0 spiro atoms. The zero-order valence-corrected chi connectivity index (χ0v) is 11.1. The summed E-state index contributed by atoms with van der Waals surface area (Å²) < 4.78 is 4.94. The van der Waals surface area contributed by atoms with Crippen molar-refractivity contribution in [3.63, 3.8) is 0 Å². The highest BCUT2D eigenvalue weighted by atomic mass is 16.5. The van der Waals surface area contributed by atoms with Gasteiger partial charge in [-0.1, -0.05) is 0 Å². The number of amides is 2. The van der Waals surface area contributed by atoms with Gasteiger partial charge < -0.3 is 20.3 Å². The predicted molar refractivity (Wildman–Crippen MR) is 65.4 cm³/mol. The molecule has 1 unspecified atom stereocenters. The average molecular weight is 245 g/mol. The molecule has 0 aromatic heterocycles. The van der Waals surface area contributed by atoms with Gasteiger partial charge in [-0.15, -0.1) is 0 Å². The van der Waals surface area contributed by atoms with E-state index in [1.54, 1.807) is 11.9 Å². The van der Waals surface area contributed by atoms with E-state index in [0.717, 1.165) is 0 Å². The first-order chi connectivity index (χ1) is 8.01. The predicted octanol–water partition coefficient (Wildman–Crippen LogP) is -0.713. The number of hydrogen-bond donors (Lipinski definition) is 1. The summed E-state index contributed by atoms with van der Waals surface area (Å²) in [6, 6.07) is 0. The maximum absolute atomic E-state index is 11.8. The van der Waals surface area contributed by atoms with E-state index in [0.29, 0.717) is 13.1 Å². The lowest BCUT2D eigenvalue weighted by molar-refractivity contribution is -0.145. The maximum atomic E-state index is 11.8. The number of likely N-dealkylation sites (N-methyl/N-ethyl adjacent to an activating group) is 2. The van der Waals surface area contributed by atoms with Gasteiger partial charge in [-0.05, 0) is 13.8 Å². The van der Waals surface area contributed by atoms with Crippen LogP contribution in [0.1, 0.15) is 13.8 Å². The lowest BCUT2D eigenvalue weighted by atomic mass is 10.3. The van der Waals surface area contributed by atoms with Crippen molar-refractivity contribution >= 4 is 11.8 Å². The van der Waals surface area contributed by atoms with Crippen LogP contribution in [0.4, 0.5) is 0 Å². The van der Waals surface area contributed by atoms with Crippen molar-refractivity contribution in [2.24, 2.45) is 5.73 Å². The third kappa shape index (κ3) is 4.70. The topological polar surface area (TPSA) is 75.9 Å². The van der Waals surface area contributed by atoms with E-state index in [-0.39, 0.29) is 24.9 Å². The molecule has 0 aromatic rings. The Morgan fingerprint density at radius 3 is 2.18 bits per heavy atom. The van der Waals surface area contributed by atoms with E-state index >= 15 is 0 Å². The highest BCUT2D eigenvalue weighted by Crippen LogP contribution is 1.98. The van der Waals surface area contributed by atoms with Crippen LogP contribution in [-0.2, 0) is 14.3 Å². The molecule has 17 heavy (non-hydrogen) atoms. The fourth-order valence-electron chi connectivity index (χ4n) is 1.50. The molecule has 0 saturated heterocycles. The van der Waals surface area contributed by atoms with Crippen LogP contribution in [0.3, 0.4) is 0 Å². The standard InChI is InChI=1S/C11H23N3O3/c1-5-14(6-2)10(15)8-13(3)11(16)9(7-12)17-4/h9H,5-8,12H2,1-4H3. The Morgan fingerprint density at radius 2 is 1.82 bits per heavy atom. The quantitative estimate of drug-likeness (QED) is 0.642. The van der Waals surface area contributed by atoms with Crippen molar-refractivity contribution in [1.29, 1.82) is 0 Å². The van der Waals surface area contributed by atoms with Crippen LogP contribution in [0.25, 0.3) is 0 Å². The molecule has 2 N–H and O–H groups in total. The molecule has 0 bridgehead atoms. The van der Waals surface area contributed by atoms with Crippen LogP contribution in [0.5, 0.6) is 0 Å². The summed E-state index contributed by atoms with van der Waals surface area (Å²) in [6.07, 6.45) is -0.676. The molecule has 0 aliphatic carbocycles. The second-order valence-electron chi connectivity index (χ2n) is 3.72. The van der Waals surface area contributed by atoms with E-state index in [1.165, 1.54) is 12.0 Å². The molecule has 0 fully saturated rings. The Kier molecular flexibility index (Phi) is 7.49. The molecule has 1 atom stereocenters. The summed E-state index contributed by atoms with van der Waals surface area (Å²) in [5.41, 5.74) is 5.40. The largest absolute Gasteiger partial charge is 0.370 e. The lowest BCUT2D eigenvalue weighted by Crippen LogP contribution is -2.46. The smallest absolute Gasteiger partial charge is 0.253 e. The van der Waals surface area contributed by atoms with E-state index in [9.17, 15) is 9.59 Å². The first kappa shape index (κ1) is 15.9. The van der Waals surface area contributed by atoms with Gasteiger partial charge >= 0.3 is 0 Å². The van der Waals surface area contributed by atoms with Crippen LogP contribution in [0.15, 0.2) is 0 Å². The van der Waals surface area contributed by atoms with Crippen LogP contribution in [-0.4, -0.2) is 68.1 Å². The van der Waals surface area contributed by atoms with Gasteiger partial charge in [-0.2, -0.15) is 0 Å². The van der Waals surface area contributed by atoms with Crippen molar-refractivity contribution in [3.05, 3.63) is 0 Å². The normalized spacial score (nSPS) is 12.1. The summed E-state index contributed by atoms with van der Waals surface area (Å²) in [4.78, 5) is 26.6. The first-order valence-electron chi connectivity index (χ1n) is 5.77. The van der Waals surface area contributed by atoms with Crippen LogP contribution >= 0.6 is 0 Å². The molecule has 0 rings (SSSR count). The summed E-state index contributed by atoms with van der Waals surface area (Å²) in [5, 5.41) is 0. The number of carbonyl (C=O) groups is 2. The second-order valence-corrected chi connectivity index (χ2v) is 3.72. The van der Waals surface area contributed by atoms with E-state index in [4.69, 9.17) is 10.5 Å². The molecule has 0 saturated carbocycles. The molecule has 100 valence electrons. The molecule has 6 nitrogen and oxygen atoms in total. The number of nitrogens with zero attached hydrogens (tertiary/aromatic N) is 2. The number of nitrogens with two attached hydrogens (primary N) is 1. The second kappa shape index (κ2) is 8.03. The maximum Gasteiger partial charge on any atom is 0.253 e. The Hall–Kier alpha value is -1.14. The fourth-order valence-corrected chi connectivity index (χ4v) is 1.50. The lowest BCUT2D eigenvalue weighted by Gasteiger charge is -2.25. The average Bonchev–Trinajstić information content (AvgIpc) is 2.31. The minimum Gasteiger partial charge on any atom is -0.370 e.